The van der Waals surface area contributed by atoms with Gasteiger partial charge < -0.3 is 15.2 Å². The second-order valence-corrected chi connectivity index (χ2v) is 7.38. The Balaban J connectivity index is 2.02. The van der Waals surface area contributed by atoms with Crippen molar-refractivity contribution < 1.29 is 19.1 Å². The van der Waals surface area contributed by atoms with Crippen molar-refractivity contribution in [2.75, 3.05) is 14.2 Å². The molecule has 7 heteroatoms. The number of primary amides is 1. The van der Waals surface area contributed by atoms with Crippen molar-refractivity contribution in [3.8, 4) is 28.4 Å². The van der Waals surface area contributed by atoms with Crippen LogP contribution in [0.4, 0.5) is 0 Å². The van der Waals surface area contributed by atoms with Crippen LogP contribution >= 0.6 is 0 Å². The Morgan fingerprint density at radius 2 is 1.66 bits per heavy atom. The molecule has 1 heterocycles. The van der Waals surface area contributed by atoms with Crippen molar-refractivity contribution in [2.45, 2.75) is 0 Å². The van der Waals surface area contributed by atoms with Gasteiger partial charge in [0, 0.05) is 22.1 Å². The van der Waals surface area contributed by atoms with Gasteiger partial charge in [0.2, 0.25) is 5.91 Å². The van der Waals surface area contributed by atoms with Crippen molar-refractivity contribution in [3.63, 3.8) is 0 Å². The van der Waals surface area contributed by atoms with E-state index in [1.165, 1.54) is 24.9 Å². The lowest BCUT2D eigenvalue weighted by Gasteiger charge is -2.18. The first-order valence-corrected chi connectivity index (χ1v) is 9.86. The van der Waals surface area contributed by atoms with E-state index in [4.69, 9.17) is 15.2 Å². The second kappa shape index (κ2) is 7.09. The fourth-order valence-electron chi connectivity index (χ4n) is 4.35. The fourth-order valence-corrected chi connectivity index (χ4v) is 4.35. The first-order chi connectivity index (χ1) is 15.5. The zero-order valence-electron chi connectivity index (χ0n) is 17.3. The standard InChI is InChI=1S/C25H18N2O5/c1-31-18-11-10-17-19-21(15-8-3-4-9-16(15)22(19)28)27(25(30)20(17)23(18)32-2)14-7-5-6-13(12-14)24(26)29/h3-12H,1-2H3,(H2,26,29). The molecule has 3 aromatic carbocycles. The lowest BCUT2D eigenvalue weighted by Crippen LogP contribution is -2.23. The van der Waals surface area contributed by atoms with Gasteiger partial charge in [0.1, 0.15) is 0 Å². The van der Waals surface area contributed by atoms with Crippen LogP contribution in [0.15, 0.2) is 65.5 Å². The summed E-state index contributed by atoms with van der Waals surface area (Å²) in [6.07, 6.45) is 0. The number of nitrogens with two attached hydrogens (primary N) is 1. The molecule has 2 N–H and O–H groups in total. The zero-order chi connectivity index (χ0) is 22.6. The molecule has 0 unspecified atom stereocenters. The van der Waals surface area contributed by atoms with Crippen LogP contribution < -0.4 is 20.8 Å². The third kappa shape index (κ3) is 2.58. The summed E-state index contributed by atoms with van der Waals surface area (Å²) >= 11 is 0. The molecule has 7 nitrogen and oxygen atoms in total. The lowest BCUT2D eigenvalue weighted by molar-refractivity contribution is 0.0998. The summed E-state index contributed by atoms with van der Waals surface area (Å²) in [4.78, 5) is 39.2. The molecule has 0 saturated heterocycles. The highest BCUT2D eigenvalue weighted by molar-refractivity contribution is 6.27. The minimum Gasteiger partial charge on any atom is -0.493 e. The molecule has 0 aliphatic heterocycles. The van der Waals surface area contributed by atoms with Crippen molar-refractivity contribution in [1.82, 2.24) is 4.57 Å². The maximum Gasteiger partial charge on any atom is 0.267 e. The number of hydrogen-bond acceptors (Lipinski definition) is 5. The number of aromatic nitrogens is 1. The fraction of sp³-hybridized carbons (Fsp3) is 0.0800. The van der Waals surface area contributed by atoms with E-state index in [9.17, 15) is 14.4 Å². The monoisotopic (exact) mass is 426 g/mol. The highest BCUT2D eigenvalue weighted by Crippen LogP contribution is 2.43. The topological polar surface area (TPSA) is 101 Å². The number of ketones is 1. The van der Waals surface area contributed by atoms with Gasteiger partial charge in [-0.2, -0.15) is 0 Å². The zero-order valence-corrected chi connectivity index (χ0v) is 17.3. The molecule has 1 amide bonds. The molecule has 1 aromatic heterocycles. The van der Waals surface area contributed by atoms with E-state index in [-0.39, 0.29) is 22.5 Å². The maximum atomic E-state index is 13.9. The van der Waals surface area contributed by atoms with E-state index in [0.29, 0.717) is 39.2 Å². The summed E-state index contributed by atoms with van der Waals surface area (Å²) in [7, 11) is 2.92. The highest BCUT2D eigenvalue weighted by atomic mass is 16.5. The van der Waals surface area contributed by atoms with Crippen LogP contribution in [0.3, 0.4) is 0 Å². The van der Waals surface area contributed by atoms with E-state index in [1.807, 2.05) is 6.07 Å². The quantitative estimate of drug-likeness (QED) is 0.475. The van der Waals surface area contributed by atoms with Crippen LogP contribution in [0.25, 0.3) is 27.7 Å². The predicted octanol–water partition coefficient (Wildman–Crippen LogP) is 3.32. The Morgan fingerprint density at radius 3 is 2.34 bits per heavy atom. The minimum atomic E-state index is -0.618. The number of carbonyl (C=O) groups excluding carboxylic acids is 2. The van der Waals surface area contributed by atoms with Crippen molar-refractivity contribution in [3.05, 3.63) is 87.7 Å². The van der Waals surface area contributed by atoms with E-state index in [0.717, 1.165) is 0 Å². The maximum absolute atomic E-state index is 13.9. The molecule has 1 aliphatic rings. The summed E-state index contributed by atoms with van der Waals surface area (Å²) in [6.45, 7) is 0. The van der Waals surface area contributed by atoms with Crippen molar-refractivity contribution in [2.24, 2.45) is 5.73 Å². The molecule has 0 bridgehead atoms. The number of hydrogen-bond donors (Lipinski definition) is 1. The van der Waals surface area contributed by atoms with Gasteiger partial charge in [-0.25, -0.2) is 0 Å². The normalized spacial score (nSPS) is 11.9. The highest BCUT2D eigenvalue weighted by Gasteiger charge is 2.34. The Labute approximate surface area is 182 Å². The largest absolute Gasteiger partial charge is 0.493 e. The van der Waals surface area contributed by atoms with Gasteiger partial charge in [0.25, 0.3) is 5.56 Å². The number of amides is 1. The molecule has 5 rings (SSSR count). The number of methoxy groups -OCH3 is 2. The first kappa shape index (κ1) is 19.6. The van der Waals surface area contributed by atoms with Crippen LogP contribution in [0, 0.1) is 0 Å². The molecule has 158 valence electrons. The smallest absolute Gasteiger partial charge is 0.267 e. The SMILES string of the molecule is COc1ccc2c3c(n(-c4cccc(C(N)=O)c4)c(=O)c2c1OC)-c1ccccc1C3=O. The van der Waals surface area contributed by atoms with Gasteiger partial charge in [-0.15, -0.1) is 0 Å². The average molecular weight is 426 g/mol. The molecular weight excluding hydrogens is 408 g/mol. The molecule has 32 heavy (non-hydrogen) atoms. The van der Waals surface area contributed by atoms with Gasteiger partial charge >= 0.3 is 0 Å². The number of nitrogens with zero attached hydrogens (tertiary/aromatic N) is 1. The summed E-state index contributed by atoms with van der Waals surface area (Å²) in [5.41, 5.74) is 7.74. The minimum absolute atomic E-state index is 0.187. The lowest BCUT2D eigenvalue weighted by atomic mass is 10.0. The van der Waals surface area contributed by atoms with Crippen molar-refractivity contribution in [1.29, 1.82) is 0 Å². The molecule has 0 spiro atoms. The van der Waals surface area contributed by atoms with E-state index in [2.05, 4.69) is 0 Å². The third-order valence-electron chi connectivity index (χ3n) is 5.74. The number of ether oxygens (including phenoxy) is 2. The van der Waals surface area contributed by atoms with E-state index < -0.39 is 11.5 Å². The predicted molar refractivity (Wildman–Crippen MR) is 120 cm³/mol. The van der Waals surface area contributed by atoms with Crippen LogP contribution in [-0.4, -0.2) is 30.5 Å². The molecule has 4 aromatic rings. The molecule has 0 radical (unpaired) electrons. The molecule has 0 fully saturated rings. The number of pyridine rings is 1. The van der Waals surface area contributed by atoms with Crippen LogP contribution in [0.2, 0.25) is 0 Å². The van der Waals surface area contributed by atoms with Gasteiger partial charge in [-0.3, -0.25) is 19.0 Å². The number of rotatable bonds is 4. The van der Waals surface area contributed by atoms with Gasteiger partial charge in [0.05, 0.1) is 36.6 Å². The van der Waals surface area contributed by atoms with Crippen LogP contribution in [0.5, 0.6) is 11.5 Å². The van der Waals surface area contributed by atoms with E-state index in [1.54, 1.807) is 48.5 Å². The van der Waals surface area contributed by atoms with Gasteiger partial charge in [-0.1, -0.05) is 30.3 Å². The average Bonchev–Trinajstić information content (AvgIpc) is 3.11. The Kier molecular flexibility index (Phi) is 4.34. The number of fused-ring (bicyclic) bond motifs is 5. The number of benzene rings is 3. The van der Waals surface area contributed by atoms with Gasteiger partial charge in [0.15, 0.2) is 17.3 Å². The molecule has 0 saturated carbocycles. The Bertz CT molecular complexity index is 1520. The summed E-state index contributed by atoms with van der Waals surface area (Å²) in [5, 5.41) is 0.697. The summed E-state index contributed by atoms with van der Waals surface area (Å²) < 4.78 is 12.4. The number of carbonyl (C=O) groups is 2. The van der Waals surface area contributed by atoms with Crippen LogP contribution in [-0.2, 0) is 0 Å². The summed E-state index contributed by atoms with van der Waals surface area (Å²) in [5.74, 6) is -0.195. The molecule has 0 atom stereocenters. The molecule has 1 aliphatic carbocycles. The summed E-state index contributed by atoms with van der Waals surface area (Å²) in [6, 6.07) is 17.0. The van der Waals surface area contributed by atoms with E-state index >= 15 is 0 Å². The van der Waals surface area contributed by atoms with Gasteiger partial charge in [-0.05, 0) is 30.3 Å². The molecular formula is C25H18N2O5. The first-order valence-electron chi connectivity index (χ1n) is 9.86. The second-order valence-electron chi connectivity index (χ2n) is 7.38. The van der Waals surface area contributed by atoms with Crippen molar-refractivity contribution >= 4 is 22.5 Å². The Morgan fingerprint density at radius 1 is 0.906 bits per heavy atom. The Hall–Kier alpha value is -4.39. The third-order valence-corrected chi connectivity index (χ3v) is 5.74. The van der Waals surface area contributed by atoms with Crippen LogP contribution in [0.1, 0.15) is 26.3 Å².